The minimum Gasteiger partial charge on any atom is -0.0988 e. The average Bonchev–Trinajstić information content (AvgIpc) is 2.72. The Labute approximate surface area is 73.0 Å². The van der Waals surface area contributed by atoms with Gasteiger partial charge in [-0.2, -0.15) is 0 Å². The summed E-state index contributed by atoms with van der Waals surface area (Å²) in [6, 6.07) is 0. The van der Waals surface area contributed by atoms with Crippen molar-refractivity contribution < 1.29 is 0 Å². The Morgan fingerprint density at radius 1 is 1.50 bits per heavy atom. The van der Waals surface area contributed by atoms with Crippen LogP contribution in [0.4, 0.5) is 0 Å². The van der Waals surface area contributed by atoms with Gasteiger partial charge >= 0.3 is 0 Å². The van der Waals surface area contributed by atoms with Gasteiger partial charge in [0.15, 0.2) is 0 Å². The zero-order valence-electron chi connectivity index (χ0n) is 7.14. The molecule has 0 bridgehead atoms. The van der Waals surface area contributed by atoms with Crippen LogP contribution in [0.1, 0.15) is 19.3 Å². The van der Waals surface area contributed by atoms with Crippen LogP contribution >= 0.6 is 0 Å². The van der Waals surface area contributed by atoms with Crippen LogP contribution in [0.3, 0.4) is 0 Å². The average molecular weight is 156 g/mol. The third kappa shape index (κ3) is 0.592. The predicted molar refractivity (Wildman–Crippen MR) is 50.7 cm³/mol. The van der Waals surface area contributed by atoms with Crippen molar-refractivity contribution in [1.82, 2.24) is 0 Å². The van der Waals surface area contributed by atoms with Gasteiger partial charge < -0.3 is 0 Å². The first-order valence-electron chi connectivity index (χ1n) is 4.66. The zero-order chi connectivity index (χ0) is 8.13. The van der Waals surface area contributed by atoms with E-state index in [1.165, 1.54) is 24.8 Å². The minimum absolute atomic E-state index is 0.728. The Morgan fingerprint density at radius 3 is 3.25 bits per heavy atom. The summed E-state index contributed by atoms with van der Waals surface area (Å²) in [6.07, 6.45) is 10.6. The molecule has 0 N–H and O–H groups in total. The van der Waals surface area contributed by atoms with E-state index in [2.05, 4.69) is 18.7 Å². The van der Waals surface area contributed by atoms with Gasteiger partial charge in [-0.25, -0.2) is 0 Å². The first kappa shape index (κ1) is 6.47. The third-order valence-electron chi connectivity index (χ3n) is 3.29. The summed E-state index contributed by atoms with van der Waals surface area (Å²) in [5.74, 6) is 0.728. The lowest BCUT2D eigenvalue weighted by Crippen LogP contribution is -1.93. The molecule has 1 unspecified atom stereocenters. The monoisotopic (exact) mass is 156 g/mol. The molecular formula is C12H12. The number of hydrogen-bond donors (Lipinski definition) is 0. The van der Waals surface area contributed by atoms with E-state index in [4.69, 9.17) is 0 Å². The Bertz CT molecular complexity index is 350. The summed E-state index contributed by atoms with van der Waals surface area (Å²) in [5, 5.41) is 0. The van der Waals surface area contributed by atoms with Crippen LogP contribution in [0.15, 0.2) is 47.1 Å². The molecule has 0 nitrogen and oxygen atoms in total. The highest BCUT2D eigenvalue weighted by atomic mass is 14.4. The molecule has 0 aliphatic heterocycles. The highest BCUT2D eigenvalue weighted by Crippen LogP contribution is 2.51. The van der Waals surface area contributed by atoms with Crippen molar-refractivity contribution in [2.24, 2.45) is 5.92 Å². The molecule has 3 aliphatic rings. The van der Waals surface area contributed by atoms with Gasteiger partial charge in [0.05, 0.1) is 0 Å². The maximum absolute atomic E-state index is 3.87. The fraction of sp³-hybridized carbons (Fsp3) is 0.333. The van der Waals surface area contributed by atoms with Gasteiger partial charge in [-0.3, -0.25) is 0 Å². The first-order valence-corrected chi connectivity index (χ1v) is 4.66. The molecule has 0 aromatic carbocycles. The highest BCUT2D eigenvalue weighted by Gasteiger charge is 2.35. The van der Waals surface area contributed by atoms with Crippen molar-refractivity contribution in [1.29, 1.82) is 0 Å². The predicted octanol–water partition coefficient (Wildman–Crippen LogP) is 3.15. The Kier molecular flexibility index (Phi) is 1.08. The summed E-state index contributed by atoms with van der Waals surface area (Å²) in [7, 11) is 0. The summed E-state index contributed by atoms with van der Waals surface area (Å²) >= 11 is 0. The highest BCUT2D eigenvalue weighted by molar-refractivity contribution is 5.60. The molecule has 12 heavy (non-hydrogen) atoms. The van der Waals surface area contributed by atoms with Gasteiger partial charge in [-0.1, -0.05) is 24.8 Å². The standard InChI is InChI=1S/C12H12/c1-2-8-7-10-4-3-9-5-6-11(8)12(9)10/h2-3,7,11H,1,4-6H2. The van der Waals surface area contributed by atoms with Crippen molar-refractivity contribution in [2.45, 2.75) is 19.3 Å². The van der Waals surface area contributed by atoms with Gasteiger partial charge in [-0.15, -0.1) is 0 Å². The molecule has 0 saturated heterocycles. The maximum atomic E-state index is 3.87. The van der Waals surface area contributed by atoms with Gasteiger partial charge in [0.1, 0.15) is 0 Å². The molecule has 0 aromatic heterocycles. The molecular weight excluding hydrogens is 144 g/mol. The molecule has 60 valence electrons. The van der Waals surface area contributed by atoms with Crippen molar-refractivity contribution in [3.63, 3.8) is 0 Å². The number of rotatable bonds is 1. The van der Waals surface area contributed by atoms with E-state index in [9.17, 15) is 0 Å². The Balaban J connectivity index is 2.13. The molecule has 0 heterocycles. The molecule has 1 fully saturated rings. The topological polar surface area (TPSA) is 0 Å². The van der Waals surface area contributed by atoms with E-state index in [0.717, 1.165) is 5.92 Å². The summed E-state index contributed by atoms with van der Waals surface area (Å²) in [5.41, 5.74) is 6.32. The maximum Gasteiger partial charge on any atom is 0.00978 e. The van der Waals surface area contributed by atoms with E-state index >= 15 is 0 Å². The van der Waals surface area contributed by atoms with Crippen LogP contribution < -0.4 is 0 Å². The van der Waals surface area contributed by atoms with Gasteiger partial charge in [-0.05, 0) is 41.6 Å². The van der Waals surface area contributed by atoms with Gasteiger partial charge in [0, 0.05) is 5.92 Å². The van der Waals surface area contributed by atoms with E-state index in [0.29, 0.717) is 0 Å². The van der Waals surface area contributed by atoms with E-state index in [1.54, 1.807) is 16.7 Å². The Hall–Kier alpha value is -1.04. The quantitative estimate of drug-likeness (QED) is 0.547. The van der Waals surface area contributed by atoms with Crippen LogP contribution in [0, 0.1) is 5.92 Å². The lowest BCUT2D eigenvalue weighted by atomic mass is 9.98. The second kappa shape index (κ2) is 2.01. The van der Waals surface area contributed by atoms with Crippen molar-refractivity contribution >= 4 is 0 Å². The van der Waals surface area contributed by atoms with Crippen LogP contribution in [-0.4, -0.2) is 0 Å². The van der Waals surface area contributed by atoms with Crippen LogP contribution in [0.5, 0.6) is 0 Å². The summed E-state index contributed by atoms with van der Waals surface area (Å²) in [4.78, 5) is 0. The first-order chi connectivity index (χ1) is 5.90. The largest absolute Gasteiger partial charge is 0.0988 e. The summed E-state index contributed by atoms with van der Waals surface area (Å²) in [6.45, 7) is 3.87. The fourth-order valence-corrected chi connectivity index (χ4v) is 2.76. The molecule has 1 saturated carbocycles. The minimum atomic E-state index is 0.728. The molecule has 0 spiro atoms. The van der Waals surface area contributed by atoms with E-state index < -0.39 is 0 Å². The molecule has 0 heteroatoms. The molecule has 1 atom stereocenters. The van der Waals surface area contributed by atoms with E-state index in [-0.39, 0.29) is 0 Å². The third-order valence-corrected chi connectivity index (χ3v) is 3.29. The van der Waals surface area contributed by atoms with Gasteiger partial charge in [0.25, 0.3) is 0 Å². The van der Waals surface area contributed by atoms with Crippen molar-refractivity contribution in [3.05, 3.63) is 47.1 Å². The molecule has 3 rings (SSSR count). The Morgan fingerprint density at radius 2 is 2.42 bits per heavy atom. The van der Waals surface area contributed by atoms with Crippen molar-refractivity contribution in [2.75, 3.05) is 0 Å². The van der Waals surface area contributed by atoms with Crippen LogP contribution in [-0.2, 0) is 0 Å². The van der Waals surface area contributed by atoms with Crippen molar-refractivity contribution in [3.8, 4) is 0 Å². The van der Waals surface area contributed by atoms with Gasteiger partial charge in [0.2, 0.25) is 0 Å². The SMILES string of the molecule is C=CC1=CC2=C3C(=CC2)CCC13. The van der Waals surface area contributed by atoms with Crippen LogP contribution in [0.2, 0.25) is 0 Å². The molecule has 0 aromatic rings. The smallest absolute Gasteiger partial charge is 0.00978 e. The lowest BCUT2D eigenvalue weighted by Gasteiger charge is -2.05. The second-order valence-electron chi connectivity index (χ2n) is 3.81. The lowest BCUT2D eigenvalue weighted by molar-refractivity contribution is 0.750. The van der Waals surface area contributed by atoms with E-state index in [1.807, 2.05) is 6.08 Å². The molecule has 0 radical (unpaired) electrons. The normalized spacial score (nSPS) is 30.5. The van der Waals surface area contributed by atoms with Crippen LogP contribution in [0.25, 0.3) is 0 Å². The second-order valence-corrected chi connectivity index (χ2v) is 3.81. The number of hydrogen-bond acceptors (Lipinski definition) is 0. The molecule has 0 amide bonds. The zero-order valence-corrected chi connectivity index (χ0v) is 7.14. The number of allylic oxidation sites excluding steroid dienone is 7. The summed E-state index contributed by atoms with van der Waals surface area (Å²) < 4.78 is 0. The fourth-order valence-electron chi connectivity index (χ4n) is 2.76. The molecule has 3 aliphatic carbocycles.